The minimum atomic E-state index is -0.0793. The number of carbonyl (C=O) groups is 1. The van der Waals surface area contributed by atoms with Crippen molar-refractivity contribution in [2.45, 2.75) is 19.3 Å². The number of fused-ring (bicyclic) bond motifs is 1. The molecule has 2 heterocycles. The molecule has 1 aliphatic heterocycles. The van der Waals surface area contributed by atoms with Crippen LogP contribution >= 0.6 is 0 Å². The van der Waals surface area contributed by atoms with Crippen LogP contribution in [0.25, 0.3) is 16.7 Å². The second-order valence-electron chi connectivity index (χ2n) is 6.92. The summed E-state index contributed by atoms with van der Waals surface area (Å²) < 4.78 is 1.78. The zero-order chi connectivity index (χ0) is 18.6. The third-order valence-corrected chi connectivity index (χ3v) is 5.12. The average molecular weight is 361 g/mol. The first kappa shape index (κ1) is 17.5. The van der Waals surface area contributed by atoms with E-state index in [0.29, 0.717) is 6.42 Å². The number of hydrogen-bond donors (Lipinski definition) is 1. The van der Waals surface area contributed by atoms with Crippen LogP contribution in [-0.4, -0.2) is 39.9 Å². The van der Waals surface area contributed by atoms with Crippen LogP contribution in [0.1, 0.15) is 29.6 Å². The summed E-state index contributed by atoms with van der Waals surface area (Å²) in [5, 5.41) is 0. The molecule has 1 aliphatic rings. The van der Waals surface area contributed by atoms with E-state index >= 15 is 0 Å². The van der Waals surface area contributed by atoms with Crippen molar-refractivity contribution in [1.82, 2.24) is 14.5 Å². The summed E-state index contributed by atoms with van der Waals surface area (Å²) in [6.07, 6.45) is 4.38. The van der Waals surface area contributed by atoms with Gasteiger partial charge >= 0.3 is 5.69 Å². The highest BCUT2D eigenvalue weighted by molar-refractivity contribution is 5.95. The summed E-state index contributed by atoms with van der Waals surface area (Å²) in [6, 6.07) is 17.2. The molecule has 0 saturated carbocycles. The number of nitrogens with one attached hydrogen (secondary N) is 1. The Kier molecular flexibility index (Phi) is 5.03. The van der Waals surface area contributed by atoms with Crippen molar-refractivity contribution in [3.63, 3.8) is 0 Å². The molecular weight excluding hydrogens is 338 g/mol. The molecule has 0 atom stereocenters. The summed E-state index contributed by atoms with van der Waals surface area (Å²) in [5.74, 6) is 0.203. The van der Waals surface area contributed by atoms with Crippen LogP contribution in [0.2, 0.25) is 0 Å². The standard InChI is InChI=1S/C22H23N3O2/c26-21(17-7-2-1-3-8-17)11-6-14-24-15-12-18(13-16-24)25-20-10-5-4-9-19(20)23-22(25)27/h1-5,7-10,12H,6,11,13-16H2,(H,23,27). The van der Waals surface area contributed by atoms with Crippen molar-refractivity contribution in [3.05, 3.63) is 76.7 Å². The molecule has 2 aromatic carbocycles. The maximum Gasteiger partial charge on any atom is 0.330 e. The highest BCUT2D eigenvalue weighted by Crippen LogP contribution is 2.20. The molecule has 0 amide bonds. The molecule has 0 spiro atoms. The molecule has 3 aromatic rings. The van der Waals surface area contributed by atoms with Crippen LogP contribution in [0.3, 0.4) is 0 Å². The Bertz CT molecular complexity index is 1030. The summed E-state index contributed by atoms with van der Waals surface area (Å²) in [7, 11) is 0. The van der Waals surface area contributed by atoms with Crippen molar-refractivity contribution in [1.29, 1.82) is 0 Å². The van der Waals surface area contributed by atoms with Crippen LogP contribution < -0.4 is 5.69 Å². The van der Waals surface area contributed by atoms with Crippen molar-refractivity contribution >= 4 is 22.5 Å². The largest absolute Gasteiger partial charge is 0.330 e. The number of para-hydroxylation sites is 2. The smallest absolute Gasteiger partial charge is 0.305 e. The van der Waals surface area contributed by atoms with E-state index in [-0.39, 0.29) is 11.5 Å². The molecule has 5 nitrogen and oxygen atoms in total. The fraction of sp³-hybridized carbons (Fsp3) is 0.273. The molecule has 0 fully saturated rings. The van der Waals surface area contributed by atoms with E-state index in [2.05, 4.69) is 16.0 Å². The van der Waals surface area contributed by atoms with Gasteiger partial charge in [-0.25, -0.2) is 4.79 Å². The normalized spacial score (nSPS) is 15.0. The van der Waals surface area contributed by atoms with Crippen LogP contribution in [0.15, 0.2) is 65.5 Å². The van der Waals surface area contributed by atoms with Crippen LogP contribution in [-0.2, 0) is 0 Å². The molecular formula is C22H23N3O2. The predicted molar refractivity (Wildman–Crippen MR) is 108 cm³/mol. The van der Waals surface area contributed by atoms with E-state index in [4.69, 9.17) is 0 Å². The zero-order valence-electron chi connectivity index (χ0n) is 15.2. The fourth-order valence-electron chi connectivity index (χ4n) is 3.68. The number of Topliss-reactive ketones (excluding diaryl/α,β-unsaturated/α-hetero) is 1. The molecule has 0 saturated heterocycles. The van der Waals surface area contributed by atoms with Gasteiger partial charge in [0.05, 0.1) is 11.0 Å². The molecule has 0 bridgehead atoms. The van der Waals surface area contributed by atoms with E-state index in [9.17, 15) is 9.59 Å². The minimum absolute atomic E-state index is 0.0793. The first-order valence-electron chi connectivity index (χ1n) is 9.42. The maximum atomic E-state index is 12.3. The van der Waals surface area contributed by atoms with E-state index in [1.807, 2.05) is 54.6 Å². The van der Waals surface area contributed by atoms with Gasteiger partial charge in [0, 0.05) is 37.2 Å². The second-order valence-corrected chi connectivity index (χ2v) is 6.92. The number of carbonyl (C=O) groups excluding carboxylic acids is 1. The van der Waals surface area contributed by atoms with E-state index in [1.165, 1.54) is 0 Å². The lowest BCUT2D eigenvalue weighted by Crippen LogP contribution is -2.32. The number of imidazole rings is 1. The van der Waals surface area contributed by atoms with Crippen LogP contribution in [0, 0.1) is 0 Å². The van der Waals surface area contributed by atoms with Gasteiger partial charge in [-0.2, -0.15) is 0 Å². The Hall–Kier alpha value is -2.92. The number of ketones is 1. The predicted octanol–water partition coefficient (Wildman–Crippen LogP) is 3.54. The Balaban J connectivity index is 1.35. The third-order valence-electron chi connectivity index (χ3n) is 5.12. The number of nitrogens with zero attached hydrogens (tertiary/aromatic N) is 2. The van der Waals surface area contributed by atoms with Gasteiger partial charge in [-0.1, -0.05) is 48.5 Å². The number of aromatic nitrogens is 2. The van der Waals surface area contributed by atoms with Gasteiger partial charge in [0.1, 0.15) is 0 Å². The maximum absolute atomic E-state index is 12.3. The van der Waals surface area contributed by atoms with Gasteiger partial charge in [-0.3, -0.25) is 14.3 Å². The average Bonchev–Trinajstić information content (AvgIpc) is 3.05. The molecule has 27 heavy (non-hydrogen) atoms. The lowest BCUT2D eigenvalue weighted by molar-refractivity contribution is 0.0975. The number of benzene rings is 2. The first-order valence-corrected chi connectivity index (χ1v) is 9.42. The molecule has 138 valence electrons. The van der Waals surface area contributed by atoms with Crippen LogP contribution in [0.5, 0.6) is 0 Å². The molecule has 1 N–H and O–H groups in total. The third kappa shape index (κ3) is 3.78. The molecule has 4 rings (SSSR count). The highest BCUT2D eigenvalue weighted by Gasteiger charge is 2.16. The Labute approximate surface area is 157 Å². The topological polar surface area (TPSA) is 58.1 Å². The summed E-state index contributed by atoms with van der Waals surface area (Å²) in [6.45, 7) is 2.60. The van der Waals surface area contributed by atoms with Gasteiger partial charge in [0.15, 0.2) is 5.78 Å². The molecule has 5 heteroatoms. The number of aromatic amines is 1. The lowest BCUT2D eigenvalue weighted by atomic mass is 10.1. The number of rotatable bonds is 6. The minimum Gasteiger partial charge on any atom is -0.305 e. The zero-order valence-corrected chi connectivity index (χ0v) is 15.2. The van der Waals surface area contributed by atoms with Gasteiger partial charge in [-0.15, -0.1) is 0 Å². The fourth-order valence-corrected chi connectivity index (χ4v) is 3.68. The van der Waals surface area contributed by atoms with Gasteiger partial charge in [0.2, 0.25) is 0 Å². The van der Waals surface area contributed by atoms with Crippen molar-refractivity contribution in [3.8, 4) is 0 Å². The first-order chi connectivity index (χ1) is 13.2. The van der Waals surface area contributed by atoms with Crippen LogP contribution in [0.4, 0.5) is 0 Å². The van der Waals surface area contributed by atoms with E-state index in [1.54, 1.807) is 4.57 Å². The number of hydrogen-bond acceptors (Lipinski definition) is 3. The second kappa shape index (κ2) is 7.76. The molecule has 0 radical (unpaired) electrons. The van der Waals surface area contributed by atoms with E-state index < -0.39 is 0 Å². The van der Waals surface area contributed by atoms with Gasteiger partial charge in [-0.05, 0) is 25.1 Å². The monoisotopic (exact) mass is 361 g/mol. The van der Waals surface area contributed by atoms with Crippen molar-refractivity contribution in [2.24, 2.45) is 0 Å². The Morgan fingerprint density at radius 2 is 1.81 bits per heavy atom. The summed E-state index contributed by atoms with van der Waals surface area (Å²) in [5.41, 5.74) is 3.55. The van der Waals surface area contributed by atoms with Gasteiger partial charge < -0.3 is 4.98 Å². The van der Waals surface area contributed by atoms with E-state index in [0.717, 1.165) is 54.8 Å². The molecule has 0 unspecified atom stereocenters. The summed E-state index contributed by atoms with van der Waals surface area (Å²) >= 11 is 0. The van der Waals surface area contributed by atoms with Gasteiger partial charge in [0.25, 0.3) is 0 Å². The summed E-state index contributed by atoms with van der Waals surface area (Å²) in [4.78, 5) is 29.7. The molecule has 1 aromatic heterocycles. The quantitative estimate of drug-likeness (QED) is 0.683. The van der Waals surface area contributed by atoms with Crippen molar-refractivity contribution < 1.29 is 4.79 Å². The Morgan fingerprint density at radius 1 is 1.04 bits per heavy atom. The van der Waals surface area contributed by atoms with Crippen molar-refractivity contribution in [2.75, 3.05) is 19.6 Å². The Morgan fingerprint density at radius 3 is 2.59 bits per heavy atom. The number of H-pyrrole nitrogens is 1. The SMILES string of the molecule is O=C(CCCN1CC=C(n2c(=O)[nH]c3ccccc32)CC1)c1ccccc1. The highest BCUT2D eigenvalue weighted by atomic mass is 16.1. The lowest BCUT2D eigenvalue weighted by Gasteiger charge is -2.26. The molecule has 0 aliphatic carbocycles.